The molecule has 3 aliphatic rings. The summed E-state index contributed by atoms with van der Waals surface area (Å²) in [5, 5.41) is 9.36. The number of likely N-dealkylation sites (tertiary alicyclic amines) is 2. The van der Waals surface area contributed by atoms with Crippen LogP contribution in [0.4, 0.5) is 0 Å². The van der Waals surface area contributed by atoms with Crippen molar-refractivity contribution in [1.29, 1.82) is 0 Å². The van der Waals surface area contributed by atoms with E-state index in [0.717, 1.165) is 18.9 Å². The van der Waals surface area contributed by atoms with Crippen molar-refractivity contribution in [2.24, 2.45) is 5.73 Å². The van der Waals surface area contributed by atoms with E-state index in [2.05, 4.69) is 9.80 Å². The molecule has 4 heteroatoms. The quantitative estimate of drug-likeness (QED) is 0.764. The summed E-state index contributed by atoms with van der Waals surface area (Å²) in [6, 6.07) is 1.41. The second-order valence-corrected chi connectivity index (χ2v) is 6.60. The number of rotatable bonds is 3. The van der Waals surface area contributed by atoms with Crippen molar-refractivity contribution in [3.05, 3.63) is 0 Å². The molecule has 1 aliphatic carbocycles. The molecule has 0 aromatic rings. The first-order valence-electron chi connectivity index (χ1n) is 7.58. The van der Waals surface area contributed by atoms with Crippen molar-refractivity contribution in [3.63, 3.8) is 0 Å². The lowest BCUT2D eigenvalue weighted by atomic mass is 10.0. The zero-order valence-electron chi connectivity index (χ0n) is 11.4. The lowest BCUT2D eigenvalue weighted by Gasteiger charge is -2.28. The molecule has 1 saturated carbocycles. The average Bonchev–Trinajstić information content (AvgIpc) is 3.09. The molecule has 3 fully saturated rings. The first-order valence-corrected chi connectivity index (χ1v) is 7.58. The number of hydrogen-bond acceptors (Lipinski definition) is 4. The molecule has 0 amide bonds. The first kappa shape index (κ1) is 12.9. The van der Waals surface area contributed by atoms with Crippen LogP contribution in [0.15, 0.2) is 0 Å². The molecule has 0 aromatic carbocycles. The molecule has 3 atom stereocenters. The Bertz CT molecular complexity index is 293. The molecule has 0 radical (unpaired) electrons. The maximum atomic E-state index is 9.36. The standard InChI is InChI=1S/C14H27N3O/c15-14(11-18)5-3-12(9-14)17-8-4-13(10-17)16-6-1-2-7-16/h12-13,18H,1-11,15H2. The first-order chi connectivity index (χ1) is 8.70. The van der Waals surface area contributed by atoms with Gasteiger partial charge in [0.2, 0.25) is 0 Å². The highest BCUT2D eigenvalue weighted by atomic mass is 16.3. The number of nitrogens with two attached hydrogens (primary N) is 1. The van der Waals surface area contributed by atoms with E-state index >= 15 is 0 Å². The fraction of sp³-hybridized carbons (Fsp3) is 1.00. The van der Waals surface area contributed by atoms with Gasteiger partial charge in [-0.25, -0.2) is 0 Å². The molecule has 2 aliphatic heterocycles. The predicted molar refractivity (Wildman–Crippen MR) is 72.4 cm³/mol. The number of nitrogens with zero attached hydrogens (tertiary/aromatic N) is 2. The highest BCUT2D eigenvalue weighted by Crippen LogP contribution is 2.33. The highest BCUT2D eigenvalue weighted by Gasteiger charge is 2.40. The molecule has 0 aromatic heterocycles. The number of aliphatic hydroxyl groups is 1. The van der Waals surface area contributed by atoms with E-state index in [1.807, 2.05) is 0 Å². The van der Waals surface area contributed by atoms with Gasteiger partial charge in [0, 0.05) is 30.7 Å². The third-order valence-electron chi connectivity index (χ3n) is 5.30. The molecule has 104 valence electrons. The second kappa shape index (κ2) is 5.08. The van der Waals surface area contributed by atoms with E-state index in [1.54, 1.807) is 0 Å². The zero-order valence-corrected chi connectivity index (χ0v) is 11.4. The minimum Gasteiger partial charge on any atom is -0.394 e. The van der Waals surface area contributed by atoms with Crippen molar-refractivity contribution in [1.82, 2.24) is 9.80 Å². The van der Waals surface area contributed by atoms with Gasteiger partial charge in [0.25, 0.3) is 0 Å². The van der Waals surface area contributed by atoms with Crippen molar-refractivity contribution < 1.29 is 5.11 Å². The van der Waals surface area contributed by atoms with Crippen LogP contribution in [0, 0.1) is 0 Å². The summed E-state index contributed by atoms with van der Waals surface area (Å²) < 4.78 is 0. The predicted octanol–water partition coefficient (Wildman–Crippen LogP) is 0.399. The average molecular weight is 253 g/mol. The van der Waals surface area contributed by atoms with Gasteiger partial charge >= 0.3 is 0 Å². The van der Waals surface area contributed by atoms with Crippen LogP contribution in [0.5, 0.6) is 0 Å². The zero-order chi connectivity index (χ0) is 12.6. The van der Waals surface area contributed by atoms with E-state index in [0.29, 0.717) is 6.04 Å². The van der Waals surface area contributed by atoms with Crippen LogP contribution in [0.3, 0.4) is 0 Å². The molecule has 0 spiro atoms. The molecule has 2 heterocycles. The third-order valence-corrected chi connectivity index (χ3v) is 5.30. The van der Waals surface area contributed by atoms with Gasteiger partial charge in [-0.15, -0.1) is 0 Å². The molecule has 4 nitrogen and oxygen atoms in total. The summed E-state index contributed by atoms with van der Waals surface area (Å²) in [6.07, 6.45) is 7.24. The van der Waals surface area contributed by atoms with Crippen LogP contribution in [0.25, 0.3) is 0 Å². The van der Waals surface area contributed by atoms with Crippen LogP contribution >= 0.6 is 0 Å². The lowest BCUT2D eigenvalue weighted by Crippen LogP contribution is -2.44. The van der Waals surface area contributed by atoms with Crippen LogP contribution < -0.4 is 5.73 Å². The van der Waals surface area contributed by atoms with Crippen molar-refractivity contribution in [2.45, 2.75) is 56.1 Å². The molecule has 0 bridgehead atoms. The van der Waals surface area contributed by atoms with Crippen LogP contribution in [0.2, 0.25) is 0 Å². The summed E-state index contributed by atoms with van der Waals surface area (Å²) >= 11 is 0. The van der Waals surface area contributed by atoms with Crippen LogP contribution in [-0.4, -0.2) is 65.3 Å². The van der Waals surface area contributed by atoms with Crippen molar-refractivity contribution in [3.8, 4) is 0 Å². The summed E-state index contributed by atoms with van der Waals surface area (Å²) in [5.74, 6) is 0. The Morgan fingerprint density at radius 1 is 1.06 bits per heavy atom. The normalized spacial score (nSPS) is 43.0. The summed E-state index contributed by atoms with van der Waals surface area (Å²) in [6.45, 7) is 5.22. The number of hydrogen-bond donors (Lipinski definition) is 2. The fourth-order valence-electron chi connectivity index (χ4n) is 4.09. The molecule has 2 saturated heterocycles. The Morgan fingerprint density at radius 3 is 2.50 bits per heavy atom. The van der Waals surface area contributed by atoms with E-state index < -0.39 is 0 Å². The summed E-state index contributed by atoms with van der Waals surface area (Å²) in [5.41, 5.74) is 5.89. The fourth-order valence-corrected chi connectivity index (χ4v) is 4.09. The Hall–Kier alpha value is -0.160. The second-order valence-electron chi connectivity index (χ2n) is 6.60. The Kier molecular flexibility index (Phi) is 3.63. The van der Waals surface area contributed by atoms with Crippen molar-refractivity contribution in [2.75, 3.05) is 32.8 Å². The minimum absolute atomic E-state index is 0.146. The summed E-state index contributed by atoms with van der Waals surface area (Å²) in [4.78, 5) is 5.31. The molecule has 18 heavy (non-hydrogen) atoms. The van der Waals surface area contributed by atoms with Crippen LogP contribution in [0.1, 0.15) is 38.5 Å². The largest absolute Gasteiger partial charge is 0.394 e. The molecule has 3 rings (SSSR count). The SMILES string of the molecule is NC1(CO)CCC(N2CCC(N3CCCC3)C2)C1. The topological polar surface area (TPSA) is 52.7 Å². The molecular formula is C14H27N3O. The van der Waals surface area contributed by atoms with Gasteiger partial charge in [0.15, 0.2) is 0 Å². The van der Waals surface area contributed by atoms with E-state index in [4.69, 9.17) is 5.73 Å². The lowest BCUT2D eigenvalue weighted by molar-refractivity contribution is 0.171. The van der Waals surface area contributed by atoms with Crippen molar-refractivity contribution >= 4 is 0 Å². The van der Waals surface area contributed by atoms with Gasteiger partial charge in [-0.2, -0.15) is 0 Å². The maximum absolute atomic E-state index is 9.36. The van der Waals surface area contributed by atoms with E-state index in [9.17, 15) is 5.11 Å². The van der Waals surface area contributed by atoms with Gasteiger partial charge in [0.05, 0.1) is 6.61 Å². The smallest absolute Gasteiger partial charge is 0.0611 e. The Balaban J connectivity index is 1.53. The minimum atomic E-state index is -0.295. The van der Waals surface area contributed by atoms with E-state index in [1.165, 1.54) is 51.9 Å². The Labute approximate surface area is 110 Å². The van der Waals surface area contributed by atoms with Gasteiger partial charge in [-0.3, -0.25) is 9.80 Å². The highest BCUT2D eigenvalue weighted by molar-refractivity contribution is 4.99. The molecule has 3 N–H and O–H groups in total. The van der Waals surface area contributed by atoms with E-state index in [-0.39, 0.29) is 12.1 Å². The van der Waals surface area contributed by atoms with Crippen LogP contribution in [-0.2, 0) is 0 Å². The monoisotopic (exact) mass is 253 g/mol. The van der Waals surface area contributed by atoms with Gasteiger partial charge in [-0.1, -0.05) is 0 Å². The van der Waals surface area contributed by atoms with Gasteiger partial charge < -0.3 is 10.8 Å². The Morgan fingerprint density at radius 2 is 1.83 bits per heavy atom. The molecule has 3 unspecified atom stereocenters. The summed E-state index contributed by atoms with van der Waals surface area (Å²) in [7, 11) is 0. The number of aliphatic hydroxyl groups excluding tert-OH is 1. The van der Waals surface area contributed by atoms with Gasteiger partial charge in [0.1, 0.15) is 0 Å². The van der Waals surface area contributed by atoms with Gasteiger partial charge in [-0.05, 0) is 51.6 Å². The molecular weight excluding hydrogens is 226 g/mol. The third kappa shape index (κ3) is 2.44. The maximum Gasteiger partial charge on any atom is 0.0611 e.